The fourth-order valence-electron chi connectivity index (χ4n) is 7.94. The van der Waals surface area contributed by atoms with Crippen molar-refractivity contribution in [3.8, 4) is 33.6 Å². The lowest BCUT2D eigenvalue weighted by atomic mass is 9.98. The van der Waals surface area contributed by atoms with Crippen LogP contribution in [0.2, 0.25) is 0 Å². The standard InChI is InChI=1S/C48H35N3/c1-3-11-39(12-4-1)50-45-17-9-7-15-41(45)43-31-35(23-29-47(43)50)33-19-25-37(26-20-33)49-38-27-21-34(22-28-38)36-24-30-48-44(32-36)42-16-8-10-18-46(42)51(48)40-13-5-2-6-14-40/h1-7,9-15,17-32,49H,8,16H2. The molecule has 51 heavy (non-hydrogen) atoms. The van der Waals surface area contributed by atoms with Crippen LogP contribution in [0.4, 0.5) is 11.4 Å². The average molecular weight is 654 g/mol. The molecule has 242 valence electrons. The summed E-state index contributed by atoms with van der Waals surface area (Å²) >= 11 is 0. The molecule has 0 spiro atoms. The lowest BCUT2D eigenvalue weighted by Crippen LogP contribution is -1.99. The number of allylic oxidation sites excluding steroid dienone is 1. The Morgan fingerprint density at radius 1 is 0.412 bits per heavy atom. The summed E-state index contributed by atoms with van der Waals surface area (Å²) in [6.07, 6.45) is 6.75. The monoisotopic (exact) mass is 653 g/mol. The van der Waals surface area contributed by atoms with E-state index in [1.165, 1.54) is 77.6 Å². The molecule has 3 nitrogen and oxygen atoms in total. The highest BCUT2D eigenvalue weighted by atomic mass is 15.0. The van der Waals surface area contributed by atoms with E-state index in [0.717, 1.165) is 24.2 Å². The minimum Gasteiger partial charge on any atom is -0.356 e. The third-order valence-electron chi connectivity index (χ3n) is 10.4. The summed E-state index contributed by atoms with van der Waals surface area (Å²) in [5.74, 6) is 0. The van der Waals surface area contributed by atoms with E-state index in [-0.39, 0.29) is 0 Å². The maximum Gasteiger partial charge on any atom is 0.0541 e. The molecule has 2 heterocycles. The third kappa shape index (κ3) is 5.05. The van der Waals surface area contributed by atoms with E-state index >= 15 is 0 Å². The van der Waals surface area contributed by atoms with Gasteiger partial charge in [-0.05, 0) is 126 Å². The summed E-state index contributed by atoms with van der Waals surface area (Å²) in [7, 11) is 0. The van der Waals surface area contributed by atoms with Gasteiger partial charge in [-0.2, -0.15) is 0 Å². The summed E-state index contributed by atoms with van der Waals surface area (Å²) < 4.78 is 4.77. The van der Waals surface area contributed by atoms with Crippen LogP contribution in [-0.2, 0) is 6.42 Å². The second-order valence-corrected chi connectivity index (χ2v) is 13.4. The highest BCUT2D eigenvalue weighted by Crippen LogP contribution is 2.38. The number of hydrogen-bond donors (Lipinski definition) is 1. The maximum absolute atomic E-state index is 3.61. The molecule has 0 saturated carbocycles. The van der Waals surface area contributed by atoms with E-state index in [2.05, 4.69) is 196 Å². The number of aromatic nitrogens is 2. The normalized spacial score (nSPS) is 12.5. The van der Waals surface area contributed by atoms with Gasteiger partial charge < -0.3 is 14.5 Å². The van der Waals surface area contributed by atoms with Crippen LogP contribution in [0.5, 0.6) is 0 Å². The number of para-hydroxylation sites is 3. The van der Waals surface area contributed by atoms with Gasteiger partial charge in [0.2, 0.25) is 0 Å². The summed E-state index contributed by atoms with van der Waals surface area (Å²) in [4.78, 5) is 0. The number of nitrogens with one attached hydrogen (secondary N) is 1. The predicted molar refractivity (Wildman–Crippen MR) is 216 cm³/mol. The van der Waals surface area contributed by atoms with Crippen LogP contribution in [0.1, 0.15) is 17.7 Å². The van der Waals surface area contributed by atoms with Crippen molar-refractivity contribution in [1.29, 1.82) is 0 Å². The van der Waals surface area contributed by atoms with Crippen molar-refractivity contribution in [2.75, 3.05) is 5.32 Å². The van der Waals surface area contributed by atoms with E-state index in [1.807, 2.05) is 0 Å². The van der Waals surface area contributed by atoms with E-state index in [1.54, 1.807) is 0 Å². The average Bonchev–Trinajstić information content (AvgIpc) is 3.71. The highest BCUT2D eigenvalue weighted by molar-refractivity contribution is 6.10. The largest absolute Gasteiger partial charge is 0.356 e. The van der Waals surface area contributed by atoms with E-state index in [4.69, 9.17) is 0 Å². The fraction of sp³-hybridized carbons (Fsp3) is 0.0417. The first-order valence-corrected chi connectivity index (χ1v) is 17.7. The third-order valence-corrected chi connectivity index (χ3v) is 10.4. The number of rotatable bonds is 6. The Kier molecular flexibility index (Phi) is 6.95. The zero-order valence-electron chi connectivity index (χ0n) is 28.1. The Hall–Kier alpha value is -6.58. The Balaban J connectivity index is 0.911. The SMILES string of the molecule is C1=Cc2c(c3cc(-c4ccc(Nc5ccc(-c6ccc7c(c6)c6ccccc6n7-c6ccccc6)cc5)cc4)ccc3n2-c2ccccc2)CC1. The van der Waals surface area contributed by atoms with Crippen LogP contribution in [0, 0.1) is 0 Å². The molecule has 0 radical (unpaired) electrons. The molecule has 0 amide bonds. The number of nitrogens with zero attached hydrogens (tertiary/aromatic N) is 2. The van der Waals surface area contributed by atoms with Gasteiger partial charge in [0.05, 0.1) is 16.6 Å². The first-order valence-electron chi connectivity index (χ1n) is 17.7. The first kappa shape index (κ1) is 29.3. The molecular weight excluding hydrogens is 619 g/mol. The molecule has 0 fully saturated rings. The van der Waals surface area contributed by atoms with Crippen LogP contribution in [0.15, 0.2) is 176 Å². The quantitative estimate of drug-likeness (QED) is 0.189. The second-order valence-electron chi connectivity index (χ2n) is 13.4. The van der Waals surface area contributed by atoms with Crippen LogP contribution in [0.25, 0.3) is 72.4 Å². The molecular formula is C48H35N3. The number of fused-ring (bicyclic) bond motifs is 6. The van der Waals surface area contributed by atoms with Crippen LogP contribution < -0.4 is 5.32 Å². The number of benzene rings is 7. The van der Waals surface area contributed by atoms with Gasteiger partial charge >= 0.3 is 0 Å². The van der Waals surface area contributed by atoms with Crippen molar-refractivity contribution in [3.63, 3.8) is 0 Å². The lowest BCUT2D eigenvalue weighted by Gasteiger charge is -2.11. The van der Waals surface area contributed by atoms with Gasteiger partial charge in [-0.1, -0.05) is 97.1 Å². The molecule has 10 rings (SSSR count). The van der Waals surface area contributed by atoms with Gasteiger partial charge in [-0.3, -0.25) is 0 Å². The minimum atomic E-state index is 1.07. The summed E-state index contributed by atoms with van der Waals surface area (Å²) in [6, 6.07) is 61.3. The number of anilines is 2. The molecule has 3 heteroatoms. The first-order chi connectivity index (χ1) is 25.3. The smallest absolute Gasteiger partial charge is 0.0541 e. The number of hydrogen-bond acceptors (Lipinski definition) is 1. The van der Waals surface area contributed by atoms with Crippen molar-refractivity contribution in [1.82, 2.24) is 9.13 Å². The van der Waals surface area contributed by atoms with E-state index < -0.39 is 0 Å². The summed E-state index contributed by atoms with van der Waals surface area (Å²) in [5, 5.41) is 7.49. The Labute approximate surface area is 297 Å². The van der Waals surface area contributed by atoms with E-state index in [9.17, 15) is 0 Å². The summed E-state index contributed by atoms with van der Waals surface area (Å²) in [5.41, 5.74) is 15.8. The van der Waals surface area contributed by atoms with Gasteiger partial charge in [0.15, 0.2) is 0 Å². The van der Waals surface area contributed by atoms with Gasteiger partial charge in [-0.15, -0.1) is 0 Å². The molecule has 1 aliphatic rings. The molecule has 1 aliphatic carbocycles. The zero-order chi connectivity index (χ0) is 33.7. The Morgan fingerprint density at radius 2 is 0.922 bits per heavy atom. The molecule has 1 N–H and O–H groups in total. The second kappa shape index (κ2) is 12.1. The molecule has 0 saturated heterocycles. The minimum absolute atomic E-state index is 1.07. The fourth-order valence-corrected chi connectivity index (χ4v) is 7.94. The van der Waals surface area contributed by atoms with Gasteiger partial charge in [0.1, 0.15) is 0 Å². The summed E-state index contributed by atoms with van der Waals surface area (Å²) in [6.45, 7) is 0. The zero-order valence-corrected chi connectivity index (χ0v) is 28.1. The molecule has 0 atom stereocenters. The molecule has 0 unspecified atom stereocenters. The predicted octanol–water partition coefficient (Wildman–Crippen LogP) is 12.8. The van der Waals surface area contributed by atoms with E-state index in [0.29, 0.717) is 0 Å². The van der Waals surface area contributed by atoms with Crippen molar-refractivity contribution in [3.05, 3.63) is 187 Å². The van der Waals surface area contributed by atoms with Gasteiger partial charge in [0.25, 0.3) is 0 Å². The maximum atomic E-state index is 3.61. The molecule has 9 aromatic rings. The van der Waals surface area contributed by atoms with Crippen LogP contribution >= 0.6 is 0 Å². The van der Waals surface area contributed by atoms with Crippen molar-refractivity contribution in [2.24, 2.45) is 0 Å². The lowest BCUT2D eigenvalue weighted by molar-refractivity contribution is 0.967. The van der Waals surface area contributed by atoms with Gasteiger partial charge in [-0.25, -0.2) is 0 Å². The van der Waals surface area contributed by atoms with Crippen molar-refractivity contribution < 1.29 is 0 Å². The highest BCUT2D eigenvalue weighted by Gasteiger charge is 2.19. The molecule has 0 bridgehead atoms. The Bertz CT molecular complexity index is 2730. The van der Waals surface area contributed by atoms with Crippen molar-refractivity contribution in [2.45, 2.75) is 12.8 Å². The Morgan fingerprint density at radius 3 is 1.57 bits per heavy atom. The molecule has 2 aromatic heterocycles. The molecule has 7 aromatic carbocycles. The van der Waals surface area contributed by atoms with Crippen LogP contribution in [-0.4, -0.2) is 9.13 Å². The van der Waals surface area contributed by atoms with Crippen LogP contribution in [0.3, 0.4) is 0 Å². The molecule has 0 aliphatic heterocycles. The number of aryl methyl sites for hydroxylation is 1. The topological polar surface area (TPSA) is 21.9 Å². The van der Waals surface area contributed by atoms with Gasteiger partial charge in [0, 0.05) is 44.6 Å². The van der Waals surface area contributed by atoms with Crippen molar-refractivity contribution >= 4 is 50.2 Å².